The lowest BCUT2D eigenvalue weighted by Crippen LogP contribution is -1.96. The minimum atomic E-state index is -0.337. The van der Waals surface area contributed by atoms with E-state index in [0.29, 0.717) is 0 Å². The molecular formula is C6H5N3O2. The molecule has 1 heterocycles. The first-order chi connectivity index (χ1) is 5.16. The Hall–Kier alpha value is -1.83. The summed E-state index contributed by atoms with van der Waals surface area (Å²) < 4.78 is 4.50. The molecule has 0 aliphatic rings. The Morgan fingerprint density at radius 2 is 2.45 bits per heavy atom. The van der Waals surface area contributed by atoms with Crippen LogP contribution in [0.4, 0.5) is 5.69 Å². The van der Waals surface area contributed by atoms with Gasteiger partial charge in [-0.2, -0.15) is 5.26 Å². The number of Topliss-reactive ketones (excluding diaryl/α,β-unsaturated/α-hetero) is 1. The summed E-state index contributed by atoms with van der Waals surface area (Å²) in [4.78, 5) is 10.7. The summed E-state index contributed by atoms with van der Waals surface area (Å²) in [6.07, 6.45) is 0. The zero-order chi connectivity index (χ0) is 8.43. The first-order valence-electron chi connectivity index (χ1n) is 2.83. The molecule has 11 heavy (non-hydrogen) atoms. The van der Waals surface area contributed by atoms with E-state index >= 15 is 0 Å². The van der Waals surface area contributed by atoms with Crippen LogP contribution in [-0.4, -0.2) is 10.9 Å². The maximum absolute atomic E-state index is 10.7. The molecule has 0 radical (unpaired) electrons. The molecule has 0 spiro atoms. The normalized spacial score (nSPS) is 9.09. The van der Waals surface area contributed by atoms with Crippen LogP contribution in [-0.2, 0) is 0 Å². The molecule has 0 saturated carbocycles. The van der Waals surface area contributed by atoms with E-state index in [9.17, 15) is 4.79 Å². The molecule has 5 nitrogen and oxygen atoms in total. The number of nitrogens with two attached hydrogens (primary N) is 1. The molecule has 1 aromatic rings. The topological polar surface area (TPSA) is 92.9 Å². The fourth-order valence-corrected chi connectivity index (χ4v) is 0.632. The summed E-state index contributed by atoms with van der Waals surface area (Å²) in [5.74, 6) is -0.391. The fraction of sp³-hybridized carbons (Fsp3) is 0.167. The molecule has 1 aromatic heterocycles. The molecule has 0 saturated heterocycles. The zero-order valence-electron chi connectivity index (χ0n) is 5.79. The quantitative estimate of drug-likeness (QED) is 0.584. The summed E-state index contributed by atoms with van der Waals surface area (Å²) in [5, 5.41) is 11.6. The SMILES string of the molecule is CC(=O)c1onc(C#N)c1N. The van der Waals surface area contributed by atoms with Gasteiger partial charge in [0.15, 0.2) is 5.78 Å². The highest BCUT2D eigenvalue weighted by molar-refractivity contribution is 5.96. The number of hydrogen-bond donors (Lipinski definition) is 1. The number of nitriles is 1. The van der Waals surface area contributed by atoms with Crippen LogP contribution < -0.4 is 5.73 Å². The average molecular weight is 151 g/mol. The van der Waals surface area contributed by atoms with Crippen LogP contribution in [0.1, 0.15) is 23.2 Å². The smallest absolute Gasteiger partial charge is 0.226 e. The van der Waals surface area contributed by atoms with Gasteiger partial charge in [-0.15, -0.1) is 0 Å². The predicted octanol–water partition coefficient (Wildman–Crippen LogP) is 0.331. The molecular weight excluding hydrogens is 146 g/mol. The van der Waals surface area contributed by atoms with Gasteiger partial charge >= 0.3 is 0 Å². The van der Waals surface area contributed by atoms with Crippen LogP contribution in [0, 0.1) is 11.3 Å². The van der Waals surface area contributed by atoms with Crippen molar-refractivity contribution in [2.75, 3.05) is 5.73 Å². The van der Waals surface area contributed by atoms with Gasteiger partial charge in [0.2, 0.25) is 11.5 Å². The zero-order valence-corrected chi connectivity index (χ0v) is 5.79. The fourth-order valence-electron chi connectivity index (χ4n) is 0.632. The highest BCUT2D eigenvalue weighted by Crippen LogP contribution is 2.15. The van der Waals surface area contributed by atoms with E-state index in [2.05, 4.69) is 9.68 Å². The predicted molar refractivity (Wildman–Crippen MR) is 35.6 cm³/mol. The molecule has 0 unspecified atom stereocenters. The number of carbonyl (C=O) groups excluding carboxylic acids is 1. The Balaban J connectivity index is 3.24. The Labute approximate surface area is 62.4 Å². The summed E-state index contributed by atoms with van der Waals surface area (Å²) >= 11 is 0. The molecule has 0 amide bonds. The standard InChI is InChI=1S/C6H5N3O2/c1-3(10)6-5(8)4(2-7)9-11-6/h8H2,1H3. The van der Waals surface area contributed by atoms with Crippen LogP contribution in [0.2, 0.25) is 0 Å². The van der Waals surface area contributed by atoms with Gasteiger partial charge in [-0.05, 0) is 0 Å². The molecule has 0 aromatic carbocycles. The Morgan fingerprint density at radius 1 is 1.82 bits per heavy atom. The van der Waals surface area contributed by atoms with Gasteiger partial charge in [-0.25, -0.2) is 0 Å². The minimum absolute atomic E-state index is 0.0139. The van der Waals surface area contributed by atoms with E-state index in [0.717, 1.165) is 0 Å². The number of nitrogens with zero attached hydrogens (tertiary/aromatic N) is 2. The first kappa shape index (κ1) is 7.28. The van der Waals surface area contributed by atoms with Gasteiger partial charge in [0.1, 0.15) is 11.8 Å². The van der Waals surface area contributed by atoms with Crippen LogP contribution in [0.15, 0.2) is 4.52 Å². The van der Waals surface area contributed by atoms with Crippen molar-refractivity contribution in [2.24, 2.45) is 0 Å². The van der Waals surface area contributed by atoms with Gasteiger partial charge in [0.05, 0.1) is 0 Å². The second-order valence-electron chi connectivity index (χ2n) is 1.94. The van der Waals surface area contributed by atoms with Crippen molar-refractivity contribution in [1.82, 2.24) is 5.16 Å². The van der Waals surface area contributed by atoms with Crippen LogP contribution >= 0.6 is 0 Å². The van der Waals surface area contributed by atoms with E-state index in [1.807, 2.05) is 0 Å². The van der Waals surface area contributed by atoms with Crippen molar-refractivity contribution in [2.45, 2.75) is 6.92 Å². The third-order valence-electron chi connectivity index (χ3n) is 1.15. The molecule has 2 N–H and O–H groups in total. The molecule has 56 valence electrons. The highest BCUT2D eigenvalue weighted by Gasteiger charge is 2.15. The monoisotopic (exact) mass is 151 g/mol. The number of nitrogen functional groups attached to an aromatic ring is 1. The van der Waals surface area contributed by atoms with Gasteiger partial charge < -0.3 is 10.3 Å². The van der Waals surface area contributed by atoms with E-state index in [4.69, 9.17) is 11.0 Å². The van der Waals surface area contributed by atoms with Gasteiger partial charge in [-0.1, -0.05) is 5.16 Å². The lowest BCUT2D eigenvalue weighted by Gasteiger charge is -1.85. The molecule has 0 aliphatic carbocycles. The number of rotatable bonds is 1. The third kappa shape index (κ3) is 1.05. The van der Waals surface area contributed by atoms with Crippen molar-refractivity contribution < 1.29 is 9.32 Å². The van der Waals surface area contributed by atoms with Crippen LogP contribution in [0.5, 0.6) is 0 Å². The number of aromatic nitrogens is 1. The number of anilines is 1. The summed E-state index contributed by atoms with van der Waals surface area (Å²) in [6, 6.07) is 1.69. The minimum Gasteiger partial charge on any atom is -0.393 e. The molecule has 0 atom stereocenters. The van der Waals surface area contributed by atoms with Crippen molar-refractivity contribution >= 4 is 11.5 Å². The molecule has 0 fully saturated rings. The average Bonchev–Trinajstić information content (AvgIpc) is 2.30. The lowest BCUT2D eigenvalue weighted by atomic mass is 10.2. The van der Waals surface area contributed by atoms with Crippen molar-refractivity contribution in [3.63, 3.8) is 0 Å². The largest absolute Gasteiger partial charge is 0.393 e. The van der Waals surface area contributed by atoms with E-state index in [1.54, 1.807) is 6.07 Å². The maximum Gasteiger partial charge on any atom is 0.226 e. The van der Waals surface area contributed by atoms with E-state index < -0.39 is 0 Å². The summed E-state index contributed by atoms with van der Waals surface area (Å²) in [7, 11) is 0. The molecule has 5 heteroatoms. The maximum atomic E-state index is 10.7. The second kappa shape index (κ2) is 2.42. The first-order valence-corrected chi connectivity index (χ1v) is 2.83. The summed E-state index contributed by atoms with van der Waals surface area (Å²) in [6.45, 7) is 1.29. The van der Waals surface area contributed by atoms with Crippen molar-refractivity contribution in [3.8, 4) is 6.07 Å². The molecule has 0 aliphatic heterocycles. The third-order valence-corrected chi connectivity index (χ3v) is 1.15. The van der Waals surface area contributed by atoms with Crippen LogP contribution in [0.3, 0.4) is 0 Å². The van der Waals surface area contributed by atoms with Crippen molar-refractivity contribution in [1.29, 1.82) is 5.26 Å². The Kier molecular flexibility index (Phi) is 1.60. The van der Waals surface area contributed by atoms with Crippen LogP contribution in [0.25, 0.3) is 0 Å². The second-order valence-corrected chi connectivity index (χ2v) is 1.94. The van der Waals surface area contributed by atoms with Crippen molar-refractivity contribution in [3.05, 3.63) is 11.5 Å². The Morgan fingerprint density at radius 3 is 2.73 bits per heavy atom. The number of hydrogen-bond acceptors (Lipinski definition) is 5. The van der Waals surface area contributed by atoms with Gasteiger partial charge in [0.25, 0.3) is 0 Å². The Bertz CT molecular complexity index is 334. The molecule has 0 bridgehead atoms. The van der Waals surface area contributed by atoms with Gasteiger partial charge in [-0.3, -0.25) is 4.79 Å². The van der Waals surface area contributed by atoms with E-state index in [1.165, 1.54) is 6.92 Å². The van der Waals surface area contributed by atoms with Gasteiger partial charge in [0, 0.05) is 6.92 Å². The number of carbonyl (C=O) groups is 1. The summed E-state index contributed by atoms with van der Waals surface area (Å²) in [5.41, 5.74) is 5.28. The highest BCUT2D eigenvalue weighted by atomic mass is 16.5. The van der Waals surface area contributed by atoms with E-state index in [-0.39, 0.29) is 22.9 Å². The number of ketones is 1. The lowest BCUT2D eigenvalue weighted by molar-refractivity contribution is 0.0979. The molecule has 1 rings (SSSR count).